The third-order valence-electron chi connectivity index (χ3n) is 1.93. The Morgan fingerprint density at radius 3 is 2.00 bits per heavy atom. The largest absolute Gasteiger partial charge is 0.465 e. The molecular formula is C8H20N4O2. The lowest BCUT2D eigenvalue weighted by atomic mass is 10.2. The molecule has 6 N–H and O–H groups in total. The molecule has 1 aliphatic heterocycles. The predicted molar refractivity (Wildman–Crippen MR) is 54.9 cm³/mol. The first-order valence-corrected chi connectivity index (χ1v) is 4.57. The summed E-state index contributed by atoms with van der Waals surface area (Å²) in [4.78, 5) is 11.1. The van der Waals surface area contributed by atoms with Crippen LogP contribution >= 0.6 is 0 Å². The molecule has 0 aliphatic carbocycles. The molecule has 14 heavy (non-hydrogen) atoms. The molecule has 1 fully saturated rings. The predicted octanol–water partition coefficient (Wildman–Crippen LogP) is -0.790. The minimum atomic E-state index is -1.33. The van der Waals surface area contributed by atoms with Gasteiger partial charge in [0.05, 0.1) is 5.66 Å². The lowest BCUT2D eigenvalue weighted by Crippen LogP contribution is -2.57. The highest BCUT2D eigenvalue weighted by Gasteiger charge is 2.22. The zero-order valence-electron chi connectivity index (χ0n) is 8.79. The van der Waals surface area contributed by atoms with Gasteiger partial charge in [-0.2, -0.15) is 0 Å². The van der Waals surface area contributed by atoms with Crippen molar-refractivity contribution in [3.63, 3.8) is 0 Å². The smallest absolute Gasteiger partial charge is 0.402 e. The Balaban J connectivity index is 0.000000364. The van der Waals surface area contributed by atoms with Crippen LogP contribution in [0.3, 0.4) is 0 Å². The van der Waals surface area contributed by atoms with Crippen molar-refractivity contribution in [2.45, 2.75) is 19.5 Å². The summed E-state index contributed by atoms with van der Waals surface area (Å²) in [5, 5.41) is 10.5. The van der Waals surface area contributed by atoms with Crippen LogP contribution in [0.5, 0.6) is 0 Å². The number of hydrogen-bond donors (Lipinski definition) is 4. The van der Waals surface area contributed by atoms with Crippen LogP contribution in [0.4, 0.5) is 4.79 Å². The molecule has 84 valence electrons. The minimum absolute atomic E-state index is 0.137. The average Bonchev–Trinajstić information content (AvgIpc) is 2.03. The van der Waals surface area contributed by atoms with Crippen molar-refractivity contribution >= 4 is 6.09 Å². The number of nitrogens with zero attached hydrogens (tertiary/aromatic N) is 1. The number of nitrogens with one attached hydrogen (secondary N) is 1. The van der Waals surface area contributed by atoms with Gasteiger partial charge in [-0.1, -0.05) is 0 Å². The molecule has 0 aromatic heterocycles. The van der Waals surface area contributed by atoms with Gasteiger partial charge in [-0.05, 0) is 13.8 Å². The third-order valence-corrected chi connectivity index (χ3v) is 1.93. The maximum atomic E-state index is 8.78. The molecule has 0 radical (unpaired) electrons. The van der Waals surface area contributed by atoms with Gasteiger partial charge in [0, 0.05) is 26.2 Å². The SMILES string of the molecule is CC(C)(N)N1CCNCC1.NC(=O)O. The summed E-state index contributed by atoms with van der Waals surface area (Å²) < 4.78 is 0. The van der Waals surface area contributed by atoms with E-state index in [4.69, 9.17) is 15.6 Å². The lowest BCUT2D eigenvalue weighted by Gasteiger charge is -2.38. The average molecular weight is 204 g/mol. The van der Waals surface area contributed by atoms with Crippen molar-refractivity contribution in [3.05, 3.63) is 0 Å². The second-order valence-electron chi connectivity index (χ2n) is 3.73. The van der Waals surface area contributed by atoms with E-state index < -0.39 is 6.09 Å². The number of hydrogen-bond acceptors (Lipinski definition) is 4. The summed E-state index contributed by atoms with van der Waals surface area (Å²) in [6.45, 7) is 8.39. The lowest BCUT2D eigenvalue weighted by molar-refractivity contribution is 0.109. The van der Waals surface area contributed by atoms with Crippen LogP contribution in [0, 0.1) is 0 Å². The molecule has 0 bridgehead atoms. The summed E-state index contributed by atoms with van der Waals surface area (Å²) in [7, 11) is 0. The van der Waals surface area contributed by atoms with E-state index in [1.807, 2.05) is 0 Å². The molecule has 6 nitrogen and oxygen atoms in total. The van der Waals surface area contributed by atoms with Gasteiger partial charge in [0.1, 0.15) is 0 Å². The Hall–Kier alpha value is -0.850. The molecule has 0 atom stereocenters. The molecule has 1 saturated heterocycles. The van der Waals surface area contributed by atoms with Gasteiger partial charge in [-0.25, -0.2) is 4.79 Å². The van der Waals surface area contributed by atoms with Crippen LogP contribution in [-0.4, -0.2) is 47.9 Å². The summed E-state index contributed by atoms with van der Waals surface area (Å²) >= 11 is 0. The summed E-state index contributed by atoms with van der Waals surface area (Å²) in [5.41, 5.74) is 9.80. The van der Waals surface area contributed by atoms with Crippen LogP contribution in [0.15, 0.2) is 0 Å². The van der Waals surface area contributed by atoms with Crippen molar-refractivity contribution in [3.8, 4) is 0 Å². The van der Waals surface area contributed by atoms with E-state index >= 15 is 0 Å². The van der Waals surface area contributed by atoms with E-state index in [0.29, 0.717) is 0 Å². The number of nitrogens with two attached hydrogens (primary N) is 2. The van der Waals surface area contributed by atoms with E-state index in [1.54, 1.807) is 0 Å². The van der Waals surface area contributed by atoms with E-state index in [-0.39, 0.29) is 5.66 Å². The number of rotatable bonds is 1. The quantitative estimate of drug-likeness (QED) is 0.448. The Labute approximate surface area is 84.2 Å². The molecule has 0 spiro atoms. The number of piperazine rings is 1. The second kappa shape index (κ2) is 5.79. The topological polar surface area (TPSA) is 105 Å². The molecule has 1 heterocycles. The monoisotopic (exact) mass is 204 g/mol. The Morgan fingerprint density at radius 1 is 1.43 bits per heavy atom. The van der Waals surface area contributed by atoms with Crippen LogP contribution in [0.25, 0.3) is 0 Å². The van der Waals surface area contributed by atoms with Crippen LogP contribution in [-0.2, 0) is 0 Å². The molecule has 0 aromatic carbocycles. The normalized spacial score (nSPS) is 18.2. The van der Waals surface area contributed by atoms with Crippen molar-refractivity contribution in [1.82, 2.24) is 10.2 Å². The third kappa shape index (κ3) is 6.64. The molecule has 1 amide bonds. The van der Waals surface area contributed by atoms with Gasteiger partial charge in [-0.15, -0.1) is 0 Å². The fourth-order valence-corrected chi connectivity index (χ4v) is 1.24. The van der Waals surface area contributed by atoms with Crippen LogP contribution < -0.4 is 16.8 Å². The van der Waals surface area contributed by atoms with E-state index in [9.17, 15) is 0 Å². The van der Waals surface area contributed by atoms with Gasteiger partial charge in [0.15, 0.2) is 0 Å². The fraction of sp³-hybridized carbons (Fsp3) is 0.875. The van der Waals surface area contributed by atoms with E-state index in [0.717, 1.165) is 26.2 Å². The maximum Gasteiger partial charge on any atom is 0.402 e. The number of primary amides is 1. The van der Waals surface area contributed by atoms with Gasteiger partial charge in [0.2, 0.25) is 0 Å². The Kier molecular flexibility index (Phi) is 5.44. The number of carboxylic acid groups (broad SMARTS) is 1. The molecule has 0 unspecified atom stereocenters. The molecule has 0 aromatic rings. The minimum Gasteiger partial charge on any atom is -0.465 e. The number of carbonyl (C=O) groups is 1. The standard InChI is InChI=1S/C7H17N3.CH3NO2/c1-7(2,8)10-5-3-9-4-6-10;2-1(3)4/h9H,3-6,8H2,1-2H3;2H2,(H,3,4). The summed E-state index contributed by atoms with van der Waals surface area (Å²) in [6.07, 6.45) is -1.33. The molecule has 1 rings (SSSR count). The first kappa shape index (κ1) is 13.2. The second-order valence-corrected chi connectivity index (χ2v) is 3.73. The van der Waals surface area contributed by atoms with Crippen LogP contribution in [0.1, 0.15) is 13.8 Å². The Bertz CT molecular complexity index is 169. The van der Waals surface area contributed by atoms with E-state index in [1.165, 1.54) is 0 Å². The fourth-order valence-electron chi connectivity index (χ4n) is 1.24. The Morgan fingerprint density at radius 2 is 1.79 bits per heavy atom. The zero-order valence-corrected chi connectivity index (χ0v) is 8.79. The molecule has 1 aliphatic rings. The molecule has 6 heteroatoms. The van der Waals surface area contributed by atoms with Crippen molar-refractivity contribution in [2.24, 2.45) is 11.5 Å². The highest BCUT2D eigenvalue weighted by molar-refractivity contribution is 5.61. The van der Waals surface area contributed by atoms with Gasteiger partial charge < -0.3 is 21.9 Å². The number of amides is 1. The van der Waals surface area contributed by atoms with Gasteiger partial charge >= 0.3 is 6.09 Å². The summed E-state index contributed by atoms with van der Waals surface area (Å²) in [5.74, 6) is 0. The highest BCUT2D eigenvalue weighted by atomic mass is 16.4. The van der Waals surface area contributed by atoms with Gasteiger partial charge in [0.25, 0.3) is 0 Å². The van der Waals surface area contributed by atoms with Crippen molar-refractivity contribution < 1.29 is 9.90 Å². The van der Waals surface area contributed by atoms with Gasteiger partial charge in [-0.3, -0.25) is 4.90 Å². The maximum absolute atomic E-state index is 8.78. The zero-order chi connectivity index (χ0) is 11.2. The van der Waals surface area contributed by atoms with Crippen molar-refractivity contribution in [1.29, 1.82) is 0 Å². The highest BCUT2D eigenvalue weighted by Crippen LogP contribution is 2.06. The molecular weight excluding hydrogens is 184 g/mol. The first-order valence-electron chi connectivity index (χ1n) is 4.57. The van der Waals surface area contributed by atoms with E-state index in [2.05, 4.69) is 29.8 Å². The van der Waals surface area contributed by atoms with Crippen LogP contribution in [0.2, 0.25) is 0 Å². The van der Waals surface area contributed by atoms with Crippen molar-refractivity contribution in [2.75, 3.05) is 26.2 Å². The first-order chi connectivity index (χ1) is 6.34. The molecule has 0 saturated carbocycles. The summed E-state index contributed by atoms with van der Waals surface area (Å²) in [6, 6.07) is 0.